The Balaban J connectivity index is 1.84. The molecule has 0 radical (unpaired) electrons. The average Bonchev–Trinajstić information content (AvgIpc) is 2.77. The number of pyridine rings is 1. The molecule has 3 rings (SSSR count). The molecule has 146 valence electrons. The molecule has 0 amide bonds. The van der Waals surface area contributed by atoms with Gasteiger partial charge in [0, 0.05) is 31.3 Å². The summed E-state index contributed by atoms with van der Waals surface area (Å²) >= 11 is 0. The second kappa shape index (κ2) is 8.39. The first kappa shape index (κ1) is 19.2. The maximum absolute atomic E-state index is 12.0. The Morgan fingerprint density at radius 1 is 1.15 bits per heavy atom. The van der Waals surface area contributed by atoms with Gasteiger partial charge in [-0.2, -0.15) is 0 Å². The third-order valence-electron chi connectivity index (χ3n) is 4.49. The molecule has 2 aliphatic rings. The lowest BCUT2D eigenvalue weighted by Gasteiger charge is -2.47. The first-order chi connectivity index (χ1) is 13.0. The van der Waals surface area contributed by atoms with Crippen molar-refractivity contribution in [2.75, 3.05) is 38.2 Å². The molecule has 1 fully saturated rings. The lowest BCUT2D eigenvalue weighted by Crippen LogP contribution is -2.65. The van der Waals surface area contributed by atoms with E-state index in [1.165, 1.54) is 0 Å². The summed E-state index contributed by atoms with van der Waals surface area (Å²) in [4.78, 5) is 32.0. The molecule has 0 unspecified atom stereocenters. The minimum Gasteiger partial charge on any atom is -0.492 e. The van der Waals surface area contributed by atoms with E-state index in [0.29, 0.717) is 31.1 Å². The molecule has 8 heteroatoms. The van der Waals surface area contributed by atoms with Crippen LogP contribution in [0, 0.1) is 0 Å². The van der Waals surface area contributed by atoms with E-state index in [1.807, 2.05) is 18.0 Å². The molecule has 0 atom stereocenters. The number of unbranched alkanes of at least 4 members (excludes halogenated alkanes) is 2. The standard InChI is InChI=1S/C19H25N3O5/c1-3-4-5-10-25-16-11-15(12-20-13-16)22-9-8-21(2)14-19(22)26-17(23)6-7-18(24)27-19/h6-7,11-13H,3-5,8-10,14H2,1-2H3. The highest BCUT2D eigenvalue weighted by atomic mass is 16.8. The zero-order valence-corrected chi connectivity index (χ0v) is 15.7. The smallest absolute Gasteiger partial charge is 0.356 e. The number of nitrogens with zero attached hydrogens (tertiary/aromatic N) is 3. The van der Waals surface area contributed by atoms with E-state index in [2.05, 4.69) is 11.9 Å². The molecule has 0 N–H and O–H groups in total. The van der Waals surface area contributed by atoms with Crippen LogP contribution in [0.3, 0.4) is 0 Å². The molecule has 3 heterocycles. The van der Waals surface area contributed by atoms with Crippen LogP contribution in [0.25, 0.3) is 0 Å². The monoisotopic (exact) mass is 375 g/mol. The Bertz CT molecular complexity index is 701. The summed E-state index contributed by atoms with van der Waals surface area (Å²) in [5, 5.41) is 0. The van der Waals surface area contributed by atoms with Crippen molar-refractivity contribution in [3.05, 3.63) is 30.6 Å². The van der Waals surface area contributed by atoms with Crippen LogP contribution in [0.2, 0.25) is 0 Å². The van der Waals surface area contributed by atoms with Gasteiger partial charge in [0.15, 0.2) is 0 Å². The number of anilines is 1. The van der Waals surface area contributed by atoms with Gasteiger partial charge in [-0.1, -0.05) is 19.8 Å². The van der Waals surface area contributed by atoms with Gasteiger partial charge in [-0.3, -0.25) is 14.8 Å². The minimum absolute atomic E-state index is 0.230. The highest BCUT2D eigenvalue weighted by molar-refractivity contribution is 5.93. The molecule has 1 aromatic heterocycles. The number of hydrogen-bond donors (Lipinski definition) is 0. The molecule has 1 aromatic rings. The van der Waals surface area contributed by atoms with Crippen molar-refractivity contribution in [1.82, 2.24) is 9.88 Å². The summed E-state index contributed by atoms with van der Waals surface area (Å²) in [7, 11) is 1.88. The Kier molecular flexibility index (Phi) is 5.95. The molecule has 8 nitrogen and oxygen atoms in total. The van der Waals surface area contributed by atoms with E-state index < -0.39 is 17.8 Å². The normalized spacial score (nSPS) is 19.6. The fourth-order valence-corrected chi connectivity index (χ4v) is 3.16. The van der Waals surface area contributed by atoms with Crippen molar-refractivity contribution < 1.29 is 23.8 Å². The topological polar surface area (TPSA) is 81.2 Å². The summed E-state index contributed by atoms with van der Waals surface area (Å²) in [6.07, 6.45) is 8.64. The van der Waals surface area contributed by atoms with Crippen molar-refractivity contribution >= 4 is 17.6 Å². The summed E-state index contributed by atoms with van der Waals surface area (Å²) in [6.45, 7) is 4.19. The van der Waals surface area contributed by atoms with Crippen LogP contribution in [-0.4, -0.2) is 61.0 Å². The fourth-order valence-electron chi connectivity index (χ4n) is 3.16. The van der Waals surface area contributed by atoms with Gasteiger partial charge in [0.1, 0.15) is 5.75 Å². The molecule has 2 aliphatic heterocycles. The van der Waals surface area contributed by atoms with E-state index in [4.69, 9.17) is 14.2 Å². The van der Waals surface area contributed by atoms with Gasteiger partial charge >= 0.3 is 17.8 Å². The first-order valence-electron chi connectivity index (χ1n) is 9.20. The number of rotatable bonds is 6. The SMILES string of the molecule is CCCCCOc1cncc(N2CCN(C)CC23OC(=O)C=CC(=O)O3)c1. The van der Waals surface area contributed by atoms with Crippen LogP contribution < -0.4 is 9.64 Å². The van der Waals surface area contributed by atoms with Crippen LogP contribution >= 0.6 is 0 Å². The Morgan fingerprint density at radius 3 is 2.59 bits per heavy atom. The predicted octanol–water partition coefficient (Wildman–Crippen LogP) is 1.71. The van der Waals surface area contributed by atoms with E-state index in [9.17, 15) is 9.59 Å². The van der Waals surface area contributed by atoms with Crippen molar-refractivity contribution in [3.63, 3.8) is 0 Å². The van der Waals surface area contributed by atoms with Crippen LogP contribution in [0.15, 0.2) is 30.6 Å². The largest absolute Gasteiger partial charge is 0.492 e. The van der Waals surface area contributed by atoms with Crippen molar-refractivity contribution in [2.24, 2.45) is 0 Å². The van der Waals surface area contributed by atoms with Crippen LogP contribution in [0.1, 0.15) is 26.2 Å². The van der Waals surface area contributed by atoms with Crippen molar-refractivity contribution in [3.8, 4) is 5.75 Å². The molecular weight excluding hydrogens is 350 g/mol. The number of piperazine rings is 1. The number of hydrogen-bond acceptors (Lipinski definition) is 8. The zero-order chi connectivity index (χ0) is 19.3. The van der Waals surface area contributed by atoms with E-state index in [-0.39, 0.29) is 6.54 Å². The van der Waals surface area contributed by atoms with Crippen molar-refractivity contribution in [1.29, 1.82) is 0 Å². The number of carbonyl (C=O) groups is 2. The summed E-state index contributed by atoms with van der Waals surface area (Å²) in [6, 6.07) is 1.83. The molecular formula is C19H25N3O5. The molecule has 0 saturated carbocycles. The molecule has 1 spiro atoms. The highest BCUT2D eigenvalue weighted by Crippen LogP contribution is 2.33. The van der Waals surface area contributed by atoms with Gasteiger partial charge in [-0.05, 0) is 13.5 Å². The Hall–Kier alpha value is -2.61. The van der Waals surface area contributed by atoms with Crippen LogP contribution in [0.5, 0.6) is 5.75 Å². The maximum atomic E-state index is 12.0. The number of likely N-dealkylation sites (N-methyl/N-ethyl adjacent to an activating group) is 1. The van der Waals surface area contributed by atoms with E-state index in [1.54, 1.807) is 17.3 Å². The Morgan fingerprint density at radius 2 is 1.89 bits per heavy atom. The number of carbonyl (C=O) groups excluding carboxylic acids is 2. The van der Waals surface area contributed by atoms with E-state index >= 15 is 0 Å². The lowest BCUT2D eigenvalue weighted by atomic mass is 10.2. The molecule has 0 aromatic carbocycles. The zero-order valence-electron chi connectivity index (χ0n) is 15.7. The molecule has 0 bridgehead atoms. The molecule has 1 saturated heterocycles. The number of aromatic nitrogens is 1. The lowest BCUT2D eigenvalue weighted by molar-refractivity contribution is -0.230. The fraction of sp³-hybridized carbons (Fsp3) is 0.526. The van der Waals surface area contributed by atoms with Gasteiger partial charge in [0.05, 0.1) is 31.2 Å². The Labute approximate surface area is 158 Å². The average molecular weight is 375 g/mol. The summed E-state index contributed by atoms with van der Waals surface area (Å²) in [5.41, 5.74) is 0.665. The third kappa shape index (κ3) is 4.57. The second-order valence-corrected chi connectivity index (χ2v) is 6.71. The van der Waals surface area contributed by atoms with Gasteiger partial charge in [-0.25, -0.2) is 9.59 Å². The second-order valence-electron chi connectivity index (χ2n) is 6.71. The first-order valence-corrected chi connectivity index (χ1v) is 9.20. The van der Waals surface area contributed by atoms with Crippen LogP contribution in [-0.2, 0) is 19.1 Å². The summed E-state index contributed by atoms with van der Waals surface area (Å²) in [5.74, 6) is -2.16. The van der Waals surface area contributed by atoms with Gasteiger partial charge < -0.3 is 14.2 Å². The molecule has 27 heavy (non-hydrogen) atoms. The van der Waals surface area contributed by atoms with Crippen LogP contribution in [0.4, 0.5) is 5.69 Å². The number of esters is 2. The van der Waals surface area contributed by atoms with Gasteiger partial charge in [0.2, 0.25) is 0 Å². The van der Waals surface area contributed by atoms with Gasteiger partial charge in [0.25, 0.3) is 0 Å². The molecule has 0 aliphatic carbocycles. The van der Waals surface area contributed by atoms with Gasteiger partial charge in [-0.15, -0.1) is 0 Å². The van der Waals surface area contributed by atoms with Crippen molar-refractivity contribution in [2.45, 2.75) is 32.1 Å². The minimum atomic E-state index is -1.53. The predicted molar refractivity (Wildman–Crippen MR) is 98.2 cm³/mol. The quantitative estimate of drug-likeness (QED) is 0.549. The number of ether oxygens (including phenoxy) is 3. The third-order valence-corrected chi connectivity index (χ3v) is 4.49. The maximum Gasteiger partial charge on any atom is 0.356 e. The van der Waals surface area contributed by atoms with E-state index in [0.717, 1.165) is 31.4 Å². The summed E-state index contributed by atoms with van der Waals surface area (Å²) < 4.78 is 16.9. The highest BCUT2D eigenvalue weighted by Gasteiger charge is 2.49.